The van der Waals surface area contributed by atoms with Gasteiger partial charge in [0, 0.05) is 5.56 Å². The number of para-hydroxylation sites is 1. The zero-order valence-electron chi connectivity index (χ0n) is 16.0. The predicted molar refractivity (Wildman–Crippen MR) is 105 cm³/mol. The van der Waals surface area contributed by atoms with Crippen LogP contribution in [0.2, 0.25) is 0 Å². The quantitative estimate of drug-likeness (QED) is 0.604. The van der Waals surface area contributed by atoms with Gasteiger partial charge in [0.25, 0.3) is 0 Å². The fraction of sp³-hybridized carbons (Fsp3) is 0.300. The van der Waals surface area contributed by atoms with Crippen molar-refractivity contribution in [2.45, 2.75) is 33.8 Å². The second kappa shape index (κ2) is 7.92. The Balaban J connectivity index is 2.24. The van der Waals surface area contributed by atoms with E-state index in [1.165, 1.54) is 19.1 Å². The van der Waals surface area contributed by atoms with Crippen molar-refractivity contribution in [3.8, 4) is 0 Å². The van der Waals surface area contributed by atoms with E-state index >= 15 is 0 Å². The van der Waals surface area contributed by atoms with Crippen LogP contribution >= 0.6 is 0 Å². The number of esters is 1. The summed E-state index contributed by atoms with van der Waals surface area (Å²) in [6.45, 7) is 7.21. The summed E-state index contributed by atoms with van der Waals surface area (Å²) in [5, 5.41) is 0. The van der Waals surface area contributed by atoms with Gasteiger partial charge in [-0.25, -0.2) is 13.2 Å². The average molecular weight is 389 g/mol. The fourth-order valence-electron chi connectivity index (χ4n) is 2.67. The van der Waals surface area contributed by atoms with E-state index in [2.05, 4.69) is 4.72 Å². The lowest BCUT2D eigenvalue weighted by Gasteiger charge is -2.16. The van der Waals surface area contributed by atoms with Crippen LogP contribution in [0.3, 0.4) is 0 Å². The molecule has 2 rings (SSSR count). The third kappa shape index (κ3) is 5.17. The molecule has 0 heterocycles. The Morgan fingerprint density at radius 1 is 0.963 bits per heavy atom. The first-order valence-corrected chi connectivity index (χ1v) is 10.3. The molecule has 0 aliphatic carbocycles. The Bertz CT molecular complexity index is 995. The van der Waals surface area contributed by atoms with E-state index < -0.39 is 22.1 Å². The maximum Gasteiger partial charge on any atom is 0.340 e. The van der Waals surface area contributed by atoms with Crippen molar-refractivity contribution in [2.24, 2.45) is 0 Å². The van der Waals surface area contributed by atoms with Crippen LogP contribution in [0, 0.1) is 20.8 Å². The van der Waals surface area contributed by atoms with Gasteiger partial charge < -0.3 is 4.74 Å². The van der Waals surface area contributed by atoms with Crippen LogP contribution in [0.4, 0.5) is 5.69 Å². The number of ketones is 1. The van der Waals surface area contributed by atoms with Gasteiger partial charge in [0.1, 0.15) is 0 Å². The number of carbonyl (C=O) groups is 2. The monoisotopic (exact) mass is 389 g/mol. The number of Topliss-reactive ketones (excluding diaryl/α,β-unsaturated/α-hetero) is 1. The van der Waals surface area contributed by atoms with Gasteiger partial charge in [0.2, 0.25) is 15.8 Å². The molecule has 0 spiro atoms. The molecule has 0 saturated heterocycles. The third-order valence-electron chi connectivity index (χ3n) is 4.20. The van der Waals surface area contributed by atoms with E-state index in [1.54, 1.807) is 18.2 Å². The second-order valence-electron chi connectivity index (χ2n) is 6.58. The van der Waals surface area contributed by atoms with E-state index in [-0.39, 0.29) is 17.0 Å². The molecule has 1 atom stereocenters. The molecule has 0 aliphatic rings. The molecule has 1 unspecified atom stereocenters. The Morgan fingerprint density at radius 3 is 2.19 bits per heavy atom. The molecule has 0 aliphatic heterocycles. The number of anilines is 1. The van der Waals surface area contributed by atoms with E-state index in [4.69, 9.17) is 4.74 Å². The Kier molecular flexibility index (Phi) is 6.05. The molecule has 0 radical (unpaired) electrons. The standard InChI is InChI=1S/C20H23NO5S/c1-12-10-14(3)17(11-13(12)2)19(22)15(4)26-20(23)16-8-6-7-9-18(16)21-27(5,24)25/h6-11,15,21H,1-5H3. The molecule has 0 fully saturated rings. The number of hydrogen-bond acceptors (Lipinski definition) is 5. The summed E-state index contributed by atoms with van der Waals surface area (Å²) in [4.78, 5) is 25.2. The number of rotatable bonds is 6. The van der Waals surface area contributed by atoms with Crippen molar-refractivity contribution >= 4 is 27.5 Å². The smallest absolute Gasteiger partial charge is 0.340 e. The van der Waals surface area contributed by atoms with Crippen molar-refractivity contribution < 1.29 is 22.7 Å². The maximum absolute atomic E-state index is 12.7. The molecule has 144 valence electrons. The number of carbonyl (C=O) groups excluding carboxylic acids is 2. The predicted octanol–water partition coefficient (Wildman–Crippen LogP) is 3.41. The minimum absolute atomic E-state index is 0.0411. The number of nitrogens with one attached hydrogen (secondary N) is 1. The SMILES string of the molecule is Cc1cc(C)c(C(=O)C(C)OC(=O)c2ccccc2NS(C)(=O)=O)cc1C. The van der Waals surface area contributed by atoms with E-state index in [0.29, 0.717) is 5.56 Å². The van der Waals surface area contributed by atoms with E-state index in [9.17, 15) is 18.0 Å². The number of hydrogen-bond donors (Lipinski definition) is 1. The fourth-order valence-corrected chi connectivity index (χ4v) is 3.25. The van der Waals surface area contributed by atoms with Crippen LogP contribution in [0.15, 0.2) is 36.4 Å². The van der Waals surface area contributed by atoms with Crippen molar-refractivity contribution in [1.82, 2.24) is 0 Å². The Hall–Kier alpha value is -2.67. The lowest BCUT2D eigenvalue weighted by molar-refractivity contribution is 0.0319. The van der Waals surface area contributed by atoms with Gasteiger partial charge in [-0.05, 0) is 62.6 Å². The molecule has 0 saturated carbocycles. The lowest BCUT2D eigenvalue weighted by Crippen LogP contribution is -2.26. The highest BCUT2D eigenvalue weighted by atomic mass is 32.2. The molecule has 0 amide bonds. The van der Waals surface area contributed by atoms with E-state index in [0.717, 1.165) is 22.9 Å². The molecule has 0 bridgehead atoms. The zero-order valence-corrected chi connectivity index (χ0v) is 16.8. The summed E-state index contributed by atoms with van der Waals surface area (Å²) in [7, 11) is -3.56. The molecular weight excluding hydrogens is 366 g/mol. The Labute approximate surface area is 159 Å². The van der Waals surface area contributed by atoms with Gasteiger partial charge in [-0.3, -0.25) is 9.52 Å². The highest BCUT2D eigenvalue weighted by Gasteiger charge is 2.24. The van der Waals surface area contributed by atoms with Crippen molar-refractivity contribution in [3.05, 3.63) is 64.2 Å². The third-order valence-corrected chi connectivity index (χ3v) is 4.79. The van der Waals surface area contributed by atoms with Crippen LogP contribution in [0.1, 0.15) is 44.3 Å². The van der Waals surface area contributed by atoms with Crippen LogP contribution in [0.5, 0.6) is 0 Å². The summed E-state index contributed by atoms with van der Waals surface area (Å²) >= 11 is 0. The summed E-state index contributed by atoms with van der Waals surface area (Å²) < 4.78 is 30.5. The summed E-state index contributed by atoms with van der Waals surface area (Å²) in [5.41, 5.74) is 3.51. The number of aryl methyl sites for hydroxylation is 3. The number of benzene rings is 2. The minimum atomic E-state index is -3.56. The van der Waals surface area contributed by atoms with Crippen LogP contribution < -0.4 is 4.72 Å². The summed E-state index contributed by atoms with van der Waals surface area (Å²) in [5.74, 6) is -1.08. The maximum atomic E-state index is 12.7. The molecule has 1 N–H and O–H groups in total. The van der Waals surface area contributed by atoms with Crippen LogP contribution in [-0.4, -0.2) is 32.5 Å². The summed E-state index contributed by atoms with van der Waals surface area (Å²) in [6, 6.07) is 9.78. The van der Waals surface area contributed by atoms with Gasteiger partial charge in [0.05, 0.1) is 17.5 Å². The van der Waals surface area contributed by atoms with E-state index in [1.807, 2.05) is 26.8 Å². The molecule has 6 nitrogen and oxygen atoms in total. The van der Waals surface area contributed by atoms with Crippen LogP contribution in [0.25, 0.3) is 0 Å². The largest absolute Gasteiger partial charge is 0.451 e. The number of ether oxygens (including phenoxy) is 1. The van der Waals surface area contributed by atoms with Gasteiger partial charge >= 0.3 is 5.97 Å². The molecule has 7 heteroatoms. The zero-order chi connectivity index (χ0) is 20.4. The average Bonchev–Trinajstić information content (AvgIpc) is 2.56. The van der Waals surface area contributed by atoms with Gasteiger partial charge in [-0.1, -0.05) is 18.2 Å². The first-order chi connectivity index (χ1) is 12.5. The highest BCUT2D eigenvalue weighted by molar-refractivity contribution is 7.92. The van der Waals surface area contributed by atoms with Crippen molar-refractivity contribution in [1.29, 1.82) is 0 Å². The van der Waals surface area contributed by atoms with Gasteiger partial charge in [0.15, 0.2) is 6.10 Å². The van der Waals surface area contributed by atoms with Crippen molar-refractivity contribution in [2.75, 3.05) is 11.0 Å². The minimum Gasteiger partial charge on any atom is -0.451 e. The topological polar surface area (TPSA) is 89.5 Å². The van der Waals surface area contributed by atoms with Crippen molar-refractivity contribution in [3.63, 3.8) is 0 Å². The normalized spacial score (nSPS) is 12.3. The van der Waals surface area contributed by atoms with Gasteiger partial charge in [-0.2, -0.15) is 0 Å². The molecule has 27 heavy (non-hydrogen) atoms. The van der Waals surface area contributed by atoms with Crippen LogP contribution in [-0.2, 0) is 14.8 Å². The van der Waals surface area contributed by atoms with Gasteiger partial charge in [-0.15, -0.1) is 0 Å². The summed E-state index contributed by atoms with van der Waals surface area (Å²) in [6.07, 6.45) is -0.0198. The molecule has 0 aromatic heterocycles. The molecule has 2 aromatic carbocycles. The Morgan fingerprint density at radius 2 is 1.56 bits per heavy atom. The lowest BCUT2D eigenvalue weighted by atomic mass is 9.96. The molecular formula is C20H23NO5S. The first-order valence-electron chi connectivity index (χ1n) is 8.39. The highest BCUT2D eigenvalue weighted by Crippen LogP contribution is 2.21. The molecule has 2 aromatic rings. The number of sulfonamides is 1. The second-order valence-corrected chi connectivity index (χ2v) is 8.33. The first kappa shape index (κ1) is 20.6.